The van der Waals surface area contributed by atoms with E-state index in [0.29, 0.717) is 31.3 Å². The largest absolute Gasteiger partial charge is 0.461 e. The van der Waals surface area contributed by atoms with E-state index in [-0.39, 0.29) is 41.7 Å². The number of rotatable bonds is 0. The van der Waals surface area contributed by atoms with Crippen LogP contribution >= 0.6 is 0 Å². The Morgan fingerprint density at radius 2 is 1.72 bits per heavy atom. The Morgan fingerprint density at radius 1 is 0.972 bits per heavy atom. The molecule has 5 aliphatic carbocycles. The zero-order valence-corrected chi connectivity index (χ0v) is 21.9. The molecule has 2 bridgehead atoms. The van der Waals surface area contributed by atoms with Gasteiger partial charge in [0.25, 0.3) is 0 Å². The molecule has 2 saturated heterocycles. The third kappa shape index (κ3) is 2.47. The molecular weight excluding hydrogens is 456 g/mol. The summed E-state index contributed by atoms with van der Waals surface area (Å²) in [6.45, 7) is 12.2. The summed E-state index contributed by atoms with van der Waals surface area (Å²) in [7, 11) is 0. The van der Waals surface area contributed by atoms with E-state index in [4.69, 9.17) is 9.47 Å². The summed E-state index contributed by atoms with van der Waals surface area (Å²) < 4.78 is 12.4. The van der Waals surface area contributed by atoms with E-state index in [9.17, 15) is 19.8 Å². The number of carbonyl (C=O) groups is 2. The molecular formula is C30H38O6. The second-order valence-electron chi connectivity index (χ2n) is 13.7. The zero-order chi connectivity index (χ0) is 25.6. The highest BCUT2D eigenvalue weighted by Crippen LogP contribution is 2.76. The van der Waals surface area contributed by atoms with Gasteiger partial charge in [-0.3, -0.25) is 4.79 Å². The van der Waals surface area contributed by atoms with Gasteiger partial charge in [-0.15, -0.1) is 0 Å². The predicted molar refractivity (Wildman–Crippen MR) is 131 cm³/mol. The van der Waals surface area contributed by atoms with Crippen molar-refractivity contribution in [2.75, 3.05) is 0 Å². The van der Waals surface area contributed by atoms with Gasteiger partial charge < -0.3 is 19.7 Å². The van der Waals surface area contributed by atoms with Gasteiger partial charge in [0, 0.05) is 28.7 Å². The molecule has 36 heavy (non-hydrogen) atoms. The second-order valence-corrected chi connectivity index (χ2v) is 13.7. The molecule has 0 amide bonds. The third-order valence-corrected chi connectivity index (χ3v) is 11.9. The Labute approximate surface area is 212 Å². The van der Waals surface area contributed by atoms with E-state index < -0.39 is 28.1 Å². The molecule has 7 rings (SSSR count). The first-order valence-electron chi connectivity index (χ1n) is 13.8. The van der Waals surface area contributed by atoms with Gasteiger partial charge >= 0.3 is 11.9 Å². The summed E-state index contributed by atoms with van der Waals surface area (Å²) in [5.41, 5.74) is 1.87. The number of carbonyl (C=O) groups excluding carboxylic acids is 2. The van der Waals surface area contributed by atoms with Gasteiger partial charge in [0.2, 0.25) is 0 Å². The molecule has 0 aromatic heterocycles. The molecule has 0 aromatic carbocycles. The lowest BCUT2D eigenvalue weighted by Gasteiger charge is -2.48. The van der Waals surface area contributed by atoms with E-state index >= 15 is 0 Å². The number of hydrogen-bond donors (Lipinski definition) is 2. The van der Waals surface area contributed by atoms with Gasteiger partial charge in [0.1, 0.15) is 12.2 Å². The van der Waals surface area contributed by atoms with Gasteiger partial charge in [-0.2, -0.15) is 0 Å². The molecule has 2 heterocycles. The summed E-state index contributed by atoms with van der Waals surface area (Å²) in [5, 5.41) is 23.1. The number of fused-ring (bicyclic) bond motifs is 11. The smallest absolute Gasteiger partial charge is 0.334 e. The summed E-state index contributed by atoms with van der Waals surface area (Å²) in [5.74, 6) is -0.816. The maximum atomic E-state index is 14.2. The Balaban J connectivity index is 1.39. The Kier molecular flexibility index (Phi) is 4.35. The first kappa shape index (κ1) is 23.2. The minimum atomic E-state index is -0.998. The van der Waals surface area contributed by atoms with E-state index in [2.05, 4.69) is 20.4 Å². The number of aliphatic hydroxyl groups is 2. The standard InChI is InChI=1S/C30H38O6/c1-14-6-7-19-24(21-17(14)8-10-29(21,5)34)36-26(32)30(19)13-16-12-27(30,3)22-20(16)28(4,33)11-9-18-15(2)25(31)35-23(18)22/h16,18-19,21,23-24,33-34H,2,6-13H2,1,3-5H3/t16-,18-,19+,21-,23-,24-,27+,28-,29+,30-/m0/s1. The highest BCUT2D eigenvalue weighted by atomic mass is 16.6. The van der Waals surface area contributed by atoms with Crippen molar-refractivity contribution >= 4 is 11.9 Å². The molecule has 1 spiro atoms. The molecule has 6 heteroatoms. The van der Waals surface area contributed by atoms with Crippen LogP contribution in [-0.4, -0.2) is 45.6 Å². The number of esters is 2. The lowest BCUT2D eigenvalue weighted by molar-refractivity contribution is -0.155. The molecule has 2 N–H and O–H groups in total. The molecule has 6 nitrogen and oxygen atoms in total. The minimum Gasteiger partial charge on any atom is -0.461 e. The van der Waals surface area contributed by atoms with Gasteiger partial charge in [-0.05, 0) is 89.2 Å². The highest BCUT2D eigenvalue weighted by molar-refractivity contribution is 5.92. The fourth-order valence-electron chi connectivity index (χ4n) is 10.4. The summed E-state index contributed by atoms with van der Waals surface area (Å²) >= 11 is 0. The quantitative estimate of drug-likeness (QED) is 0.299. The number of allylic oxidation sites excluding steroid dienone is 1. The molecule has 0 unspecified atom stereocenters. The van der Waals surface area contributed by atoms with Crippen molar-refractivity contribution in [3.05, 3.63) is 34.4 Å². The highest BCUT2D eigenvalue weighted by Gasteiger charge is 2.77. The Morgan fingerprint density at radius 3 is 2.47 bits per heavy atom. The van der Waals surface area contributed by atoms with Gasteiger partial charge in [-0.25, -0.2) is 4.79 Å². The minimum absolute atomic E-state index is 0.0250. The van der Waals surface area contributed by atoms with Gasteiger partial charge in [0.05, 0.1) is 16.6 Å². The van der Waals surface area contributed by atoms with Crippen LogP contribution in [0.4, 0.5) is 0 Å². The van der Waals surface area contributed by atoms with Gasteiger partial charge in [-0.1, -0.05) is 24.6 Å². The Hall–Kier alpha value is -1.92. The lowest BCUT2D eigenvalue weighted by Crippen LogP contribution is -2.51. The lowest BCUT2D eigenvalue weighted by atomic mass is 9.52. The van der Waals surface area contributed by atoms with Crippen molar-refractivity contribution < 1.29 is 29.3 Å². The zero-order valence-electron chi connectivity index (χ0n) is 21.9. The second kappa shape index (κ2) is 6.74. The van der Waals surface area contributed by atoms with Crippen LogP contribution in [0.15, 0.2) is 34.4 Å². The summed E-state index contributed by atoms with van der Waals surface area (Å²) in [4.78, 5) is 26.8. The molecule has 7 aliphatic rings. The van der Waals surface area contributed by atoms with Crippen molar-refractivity contribution in [2.24, 2.45) is 34.5 Å². The van der Waals surface area contributed by atoms with Crippen LogP contribution in [0.3, 0.4) is 0 Å². The summed E-state index contributed by atoms with van der Waals surface area (Å²) in [6, 6.07) is 0. The predicted octanol–water partition coefficient (Wildman–Crippen LogP) is 4.15. The van der Waals surface area contributed by atoms with Crippen LogP contribution in [0.25, 0.3) is 0 Å². The maximum absolute atomic E-state index is 14.2. The van der Waals surface area contributed by atoms with Crippen LogP contribution in [-0.2, 0) is 19.1 Å². The SMILES string of the molecule is C=C1C(=O)O[C@@H]2C3=C([C@H]4C[C@@]3(C)[C@]3(C4)C(=O)O[C@H]4[C@H]3CCC(C)=C3CC[C@@](C)(O)[C@@H]34)[C@@](C)(O)CC[C@@H]12. The van der Waals surface area contributed by atoms with Crippen LogP contribution in [0.1, 0.15) is 79.1 Å². The van der Waals surface area contributed by atoms with Crippen LogP contribution in [0, 0.1) is 34.5 Å². The van der Waals surface area contributed by atoms with E-state index in [0.717, 1.165) is 36.8 Å². The first-order valence-corrected chi connectivity index (χ1v) is 13.8. The average molecular weight is 495 g/mol. The van der Waals surface area contributed by atoms with E-state index in [1.807, 2.05) is 13.8 Å². The van der Waals surface area contributed by atoms with Crippen molar-refractivity contribution in [1.29, 1.82) is 0 Å². The molecule has 4 fully saturated rings. The van der Waals surface area contributed by atoms with Crippen molar-refractivity contribution in [1.82, 2.24) is 0 Å². The maximum Gasteiger partial charge on any atom is 0.334 e. The third-order valence-electron chi connectivity index (χ3n) is 11.9. The van der Waals surface area contributed by atoms with Crippen LogP contribution in [0.5, 0.6) is 0 Å². The molecule has 2 saturated carbocycles. The van der Waals surface area contributed by atoms with E-state index in [1.165, 1.54) is 11.1 Å². The van der Waals surface area contributed by atoms with Crippen molar-refractivity contribution in [2.45, 2.75) is 102 Å². The first-order chi connectivity index (χ1) is 16.8. The van der Waals surface area contributed by atoms with Crippen LogP contribution < -0.4 is 0 Å². The van der Waals surface area contributed by atoms with Crippen LogP contribution in [0.2, 0.25) is 0 Å². The molecule has 194 valence electrons. The molecule has 2 aliphatic heterocycles. The molecule has 10 atom stereocenters. The fraction of sp³-hybridized carbons (Fsp3) is 0.733. The van der Waals surface area contributed by atoms with Crippen molar-refractivity contribution in [3.63, 3.8) is 0 Å². The fourth-order valence-corrected chi connectivity index (χ4v) is 10.4. The molecule has 0 radical (unpaired) electrons. The summed E-state index contributed by atoms with van der Waals surface area (Å²) in [6.07, 6.45) is 5.11. The monoisotopic (exact) mass is 494 g/mol. The Bertz CT molecular complexity index is 1190. The number of ether oxygens (including phenoxy) is 2. The van der Waals surface area contributed by atoms with Crippen molar-refractivity contribution in [3.8, 4) is 0 Å². The molecule has 0 aromatic rings. The van der Waals surface area contributed by atoms with Gasteiger partial charge in [0.15, 0.2) is 0 Å². The van der Waals surface area contributed by atoms with E-state index in [1.54, 1.807) is 0 Å². The average Bonchev–Trinajstić information content (AvgIpc) is 3.48. The normalized spacial score (nSPS) is 53.2. The number of hydrogen-bond acceptors (Lipinski definition) is 6. The topological polar surface area (TPSA) is 93.1 Å².